The molecule has 1 saturated carbocycles. The Bertz CT molecular complexity index is 1290. The number of carbonyl (C=O) groups is 2. The Morgan fingerprint density at radius 2 is 1.76 bits per heavy atom. The number of rotatable bonds is 7. The Labute approximate surface area is 194 Å². The zero-order chi connectivity index (χ0) is 23.9. The van der Waals surface area contributed by atoms with Crippen molar-refractivity contribution in [1.82, 2.24) is 4.40 Å². The standard InChI is InChI=1S/C28H31NO4/c1-17-22(19-8-5-18(6-9-19)7-12-21(30)16-28(2,3)4)13-14-29-25(17)23(20-10-11-20)15-24(26(29)31)27(32)33/h5-6,8-9,13-15,20H,7,10-12,16H2,1-4H3,(H,32,33). The van der Waals surface area contributed by atoms with E-state index in [0.717, 1.165) is 52.6 Å². The molecule has 0 spiro atoms. The summed E-state index contributed by atoms with van der Waals surface area (Å²) in [6.07, 6.45) is 5.58. The van der Waals surface area contributed by atoms with Crippen LogP contribution in [0.1, 0.15) is 79.4 Å². The van der Waals surface area contributed by atoms with Crippen LogP contribution in [0.2, 0.25) is 0 Å². The van der Waals surface area contributed by atoms with Crippen molar-refractivity contribution in [2.75, 3.05) is 0 Å². The molecule has 0 amide bonds. The van der Waals surface area contributed by atoms with Crippen molar-refractivity contribution in [2.24, 2.45) is 5.41 Å². The second-order valence-corrected chi connectivity index (χ2v) is 10.4. The van der Waals surface area contributed by atoms with E-state index in [4.69, 9.17) is 0 Å². The lowest BCUT2D eigenvalue weighted by Crippen LogP contribution is -2.23. The van der Waals surface area contributed by atoms with Crippen molar-refractivity contribution in [2.45, 2.75) is 65.7 Å². The van der Waals surface area contributed by atoms with Gasteiger partial charge in [-0.1, -0.05) is 45.0 Å². The van der Waals surface area contributed by atoms with Gasteiger partial charge in [-0.25, -0.2) is 4.79 Å². The van der Waals surface area contributed by atoms with E-state index in [0.29, 0.717) is 18.8 Å². The molecule has 3 aromatic rings. The number of nitrogens with zero attached hydrogens (tertiary/aromatic N) is 1. The molecule has 33 heavy (non-hydrogen) atoms. The first-order chi connectivity index (χ1) is 15.5. The maximum absolute atomic E-state index is 12.8. The third-order valence-corrected chi connectivity index (χ3v) is 6.35. The summed E-state index contributed by atoms with van der Waals surface area (Å²) in [7, 11) is 0. The molecule has 172 valence electrons. The topological polar surface area (TPSA) is 75.8 Å². The highest BCUT2D eigenvalue weighted by molar-refractivity contribution is 5.89. The number of aryl methyl sites for hydroxylation is 2. The Morgan fingerprint density at radius 3 is 2.33 bits per heavy atom. The number of hydrogen-bond acceptors (Lipinski definition) is 3. The normalized spacial score (nSPS) is 13.9. The third kappa shape index (κ3) is 4.92. The van der Waals surface area contributed by atoms with E-state index in [9.17, 15) is 19.5 Å². The fraction of sp³-hybridized carbons (Fsp3) is 0.393. The predicted molar refractivity (Wildman–Crippen MR) is 130 cm³/mol. The van der Waals surface area contributed by atoms with E-state index in [1.807, 2.05) is 13.0 Å². The second kappa shape index (κ2) is 8.62. The van der Waals surface area contributed by atoms with E-state index in [2.05, 4.69) is 45.0 Å². The minimum atomic E-state index is -1.19. The molecule has 0 bridgehead atoms. The zero-order valence-electron chi connectivity index (χ0n) is 19.8. The van der Waals surface area contributed by atoms with Gasteiger partial charge in [0.25, 0.3) is 5.56 Å². The number of benzene rings is 1. The van der Waals surface area contributed by atoms with Crippen molar-refractivity contribution >= 4 is 17.3 Å². The van der Waals surface area contributed by atoms with Crippen LogP contribution in [0.25, 0.3) is 16.6 Å². The quantitative estimate of drug-likeness (QED) is 0.499. The molecule has 0 unspecified atom stereocenters. The van der Waals surface area contributed by atoms with Gasteiger partial charge in [-0.05, 0) is 77.5 Å². The molecule has 1 aliphatic carbocycles. The number of ketones is 1. The smallest absolute Gasteiger partial charge is 0.341 e. The Kier molecular flexibility index (Phi) is 6.00. The van der Waals surface area contributed by atoms with Crippen LogP contribution in [-0.4, -0.2) is 21.3 Å². The number of carbonyl (C=O) groups excluding carboxylic acids is 1. The molecule has 1 fully saturated rings. The van der Waals surface area contributed by atoms with Crippen LogP contribution in [0.5, 0.6) is 0 Å². The van der Waals surface area contributed by atoms with Gasteiger partial charge in [0.05, 0.1) is 5.52 Å². The van der Waals surface area contributed by atoms with Gasteiger partial charge in [-0.3, -0.25) is 14.0 Å². The molecule has 0 atom stereocenters. The summed E-state index contributed by atoms with van der Waals surface area (Å²) in [6.45, 7) is 8.24. The fourth-order valence-corrected chi connectivity index (χ4v) is 4.58. The van der Waals surface area contributed by atoms with Gasteiger partial charge < -0.3 is 5.11 Å². The van der Waals surface area contributed by atoms with Crippen molar-refractivity contribution in [3.63, 3.8) is 0 Å². The minimum Gasteiger partial charge on any atom is -0.477 e. The van der Waals surface area contributed by atoms with E-state index < -0.39 is 11.5 Å². The molecule has 2 aromatic heterocycles. The van der Waals surface area contributed by atoms with Crippen molar-refractivity contribution in [3.05, 3.63) is 75.2 Å². The van der Waals surface area contributed by atoms with Crippen molar-refractivity contribution in [3.8, 4) is 11.1 Å². The van der Waals surface area contributed by atoms with Crippen LogP contribution in [0.3, 0.4) is 0 Å². The van der Waals surface area contributed by atoms with E-state index in [1.165, 1.54) is 4.40 Å². The number of pyridine rings is 2. The summed E-state index contributed by atoms with van der Waals surface area (Å²) in [6, 6.07) is 11.7. The molecule has 2 heterocycles. The van der Waals surface area contributed by atoms with Gasteiger partial charge in [0, 0.05) is 19.0 Å². The van der Waals surface area contributed by atoms with Crippen molar-refractivity contribution < 1.29 is 14.7 Å². The van der Waals surface area contributed by atoms with E-state index in [1.54, 1.807) is 12.3 Å². The molecule has 1 aromatic carbocycles. The summed E-state index contributed by atoms with van der Waals surface area (Å²) in [5.74, 6) is -0.592. The highest BCUT2D eigenvalue weighted by Crippen LogP contribution is 2.43. The number of aromatic nitrogens is 1. The number of hydrogen-bond donors (Lipinski definition) is 1. The molecular weight excluding hydrogens is 414 g/mol. The Hall–Kier alpha value is -3.21. The molecule has 0 saturated heterocycles. The van der Waals surface area contributed by atoms with E-state index >= 15 is 0 Å². The first-order valence-electron chi connectivity index (χ1n) is 11.6. The number of aromatic carboxylic acids is 1. The zero-order valence-corrected chi connectivity index (χ0v) is 19.8. The summed E-state index contributed by atoms with van der Waals surface area (Å²) < 4.78 is 1.49. The number of fused-ring (bicyclic) bond motifs is 1. The monoisotopic (exact) mass is 445 g/mol. The molecule has 0 radical (unpaired) electrons. The summed E-state index contributed by atoms with van der Waals surface area (Å²) >= 11 is 0. The highest BCUT2D eigenvalue weighted by atomic mass is 16.4. The lowest BCUT2D eigenvalue weighted by molar-refractivity contribution is -0.120. The molecule has 4 rings (SSSR count). The SMILES string of the molecule is Cc1c(-c2ccc(CCC(=O)CC(C)(C)C)cc2)ccn2c(=O)c(C(=O)O)cc(C3CC3)c12. The first-order valence-corrected chi connectivity index (χ1v) is 11.6. The maximum atomic E-state index is 12.8. The predicted octanol–water partition coefficient (Wildman–Crippen LogP) is 5.79. The average molecular weight is 446 g/mol. The van der Waals surface area contributed by atoms with Gasteiger partial charge in [0.2, 0.25) is 0 Å². The first kappa shape index (κ1) is 23.0. The van der Waals surface area contributed by atoms with Crippen LogP contribution in [-0.2, 0) is 11.2 Å². The Morgan fingerprint density at radius 1 is 1.09 bits per heavy atom. The van der Waals surface area contributed by atoms with Crippen LogP contribution in [0.15, 0.2) is 47.4 Å². The summed E-state index contributed by atoms with van der Waals surface area (Å²) in [5, 5.41) is 9.48. The van der Waals surface area contributed by atoms with Gasteiger partial charge in [0.1, 0.15) is 11.3 Å². The number of Topliss-reactive ketones (excluding diaryl/α,β-unsaturated/α-hetero) is 1. The van der Waals surface area contributed by atoms with Crippen LogP contribution in [0.4, 0.5) is 0 Å². The fourth-order valence-electron chi connectivity index (χ4n) is 4.58. The minimum absolute atomic E-state index is 0.0149. The lowest BCUT2D eigenvalue weighted by Gasteiger charge is -2.17. The van der Waals surface area contributed by atoms with Crippen molar-refractivity contribution in [1.29, 1.82) is 0 Å². The molecule has 5 nitrogen and oxygen atoms in total. The van der Waals surface area contributed by atoms with Crippen LogP contribution in [0, 0.1) is 12.3 Å². The molecular formula is C28H31NO4. The number of carboxylic acid groups (broad SMARTS) is 1. The lowest BCUT2D eigenvalue weighted by atomic mass is 9.88. The maximum Gasteiger partial charge on any atom is 0.341 e. The molecule has 0 aliphatic heterocycles. The second-order valence-electron chi connectivity index (χ2n) is 10.4. The summed E-state index contributed by atoms with van der Waals surface area (Å²) in [5.41, 5.74) is 5.27. The molecule has 5 heteroatoms. The van der Waals surface area contributed by atoms with Crippen LogP contribution < -0.4 is 5.56 Å². The van der Waals surface area contributed by atoms with Gasteiger partial charge in [-0.2, -0.15) is 0 Å². The highest BCUT2D eigenvalue weighted by Gasteiger charge is 2.29. The van der Waals surface area contributed by atoms with E-state index in [-0.39, 0.29) is 16.8 Å². The van der Waals surface area contributed by atoms with Crippen LogP contribution >= 0.6 is 0 Å². The number of carboxylic acids is 1. The van der Waals surface area contributed by atoms with Gasteiger partial charge in [0.15, 0.2) is 0 Å². The van der Waals surface area contributed by atoms with Gasteiger partial charge in [-0.15, -0.1) is 0 Å². The third-order valence-electron chi connectivity index (χ3n) is 6.35. The average Bonchev–Trinajstić information content (AvgIpc) is 3.57. The largest absolute Gasteiger partial charge is 0.477 e. The van der Waals surface area contributed by atoms with Gasteiger partial charge >= 0.3 is 5.97 Å². The Balaban J connectivity index is 1.65. The summed E-state index contributed by atoms with van der Waals surface area (Å²) in [4.78, 5) is 36.6. The molecule has 1 aliphatic rings. The molecule has 1 N–H and O–H groups in total.